The van der Waals surface area contributed by atoms with Crippen LogP contribution < -0.4 is 9.64 Å². The Kier molecular flexibility index (Phi) is 6.46. The number of nitrogens with zero attached hydrogens (tertiary/aromatic N) is 3. The van der Waals surface area contributed by atoms with Gasteiger partial charge in [0.2, 0.25) is 0 Å². The van der Waals surface area contributed by atoms with Gasteiger partial charge in [0.05, 0.1) is 29.0 Å². The van der Waals surface area contributed by atoms with E-state index in [1.807, 2.05) is 56.1 Å². The van der Waals surface area contributed by atoms with Gasteiger partial charge in [-0.25, -0.2) is 4.90 Å². The topological polar surface area (TPSA) is 73.6 Å². The highest BCUT2D eigenvalue weighted by molar-refractivity contribution is 6.45. The fourth-order valence-corrected chi connectivity index (χ4v) is 3.96. The van der Waals surface area contributed by atoms with Gasteiger partial charge in [-0.2, -0.15) is 5.26 Å². The first-order chi connectivity index (χ1) is 16.4. The molecule has 0 bridgehead atoms. The second kappa shape index (κ2) is 9.63. The van der Waals surface area contributed by atoms with Crippen LogP contribution in [0.4, 0.5) is 5.69 Å². The van der Waals surface area contributed by atoms with Gasteiger partial charge in [-0.15, -0.1) is 0 Å². The zero-order chi connectivity index (χ0) is 24.2. The second-order valence-electron chi connectivity index (χ2n) is 8.36. The van der Waals surface area contributed by atoms with Gasteiger partial charge >= 0.3 is 0 Å². The minimum Gasteiger partial charge on any atom is -0.491 e. The van der Waals surface area contributed by atoms with Gasteiger partial charge in [-0.1, -0.05) is 42.5 Å². The van der Waals surface area contributed by atoms with Gasteiger partial charge in [0.25, 0.3) is 11.8 Å². The Morgan fingerprint density at radius 3 is 2.15 bits per heavy atom. The molecule has 0 atom stereocenters. The summed E-state index contributed by atoms with van der Waals surface area (Å²) in [4.78, 5) is 30.2. The van der Waals surface area contributed by atoms with E-state index in [0.717, 1.165) is 5.56 Å². The number of carbonyl (C=O) groups is 2. The molecule has 0 spiro atoms. The number of imide groups is 1. The molecule has 0 saturated carbocycles. The van der Waals surface area contributed by atoms with Crippen LogP contribution in [0.25, 0.3) is 5.57 Å². The molecule has 0 aliphatic carbocycles. The lowest BCUT2D eigenvalue weighted by Gasteiger charge is -2.21. The smallest absolute Gasteiger partial charge is 0.282 e. The minimum absolute atomic E-state index is 0.0270. The minimum atomic E-state index is -0.401. The van der Waals surface area contributed by atoms with Gasteiger partial charge < -0.3 is 9.64 Å². The zero-order valence-corrected chi connectivity index (χ0v) is 19.4. The molecule has 170 valence electrons. The highest BCUT2D eigenvalue weighted by Crippen LogP contribution is 2.35. The van der Waals surface area contributed by atoms with Gasteiger partial charge in [-0.3, -0.25) is 9.59 Å². The lowest BCUT2D eigenvalue weighted by Crippen LogP contribution is -2.34. The van der Waals surface area contributed by atoms with Crippen LogP contribution in [0.15, 0.2) is 84.6 Å². The van der Waals surface area contributed by atoms with Crippen molar-refractivity contribution >= 4 is 23.1 Å². The fraction of sp³-hybridized carbons (Fsp3) is 0.179. The molecule has 34 heavy (non-hydrogen) atoms. The Bertz CT molecular complexity index is 1270. The number of likely N-dealkylation sites (N-methyl/N-ethyl adjacent to an activating group) is 1. The van der Waals surface area contributed by atoms with Crippen molar-refractivity contribution < 1.29 is 14.3 Å². The van der Waals surface area contributed by atoms with E-state index in [0.29, 0.717) is 40.4 Å². The van der Waals surface area contributed by atoms with E-state index in [1.54, 1.807) is 48.5 Å². The number of hydrogen-bond acceptors (Lipinski definition) is 5. The maximum absolute atomic E-state index is 13.6. The normalized spacial score (nSPS) is 13.4. The molecule has 1 heterocycles. The summed E-state index contributed by atoms with van der Waals surface area (Å²) in [5.41, 5.74) is 3.21. The van der Waals surface area contributed by atoms with Crippen molar-refractivity contribution in [1.82, 2.24) is 4.90 Å². The number of carbonyl (C=O) groups excluding carboxylic acids is 2. The second-order valence-corrected chi connectivity index (χ2v) is 8.36. The molecule has 0 N–H and O–H groups in total. The summed E-state index contributed by atoms with van der Waals surface area (Å²) in [6, 6.07) is 25.5. The number of rotatable bonds is 7. The maximum atomic E-state index is 13.6. The number of hydrogen-bond donors (Lipinski definition) is 0. The third-order valence-corrected chi connectivity index (χ3v) is 5.47. The average molecular weight is 452 g/mol. The van der Waals surface area contributed by atoms with Gasteiger partial charge in [0.15, 0.2) is 0 Å². The molecule has 6 nitrogen and oxygen atoms in total. The third kappa shape index (κ3) is 4.55. The molecule has 4 rings (SSSR count). The SMILES string of the molecule is CC(C)Oc1ccc(C2=C(N(C)Cc3ccccc3)C(=O)N(c3ccc(C#N)cc3)C2=O)cc1. The highest BCUT2D eigenvalue weighted by Gasteiger charge is 2.41. The quantitative estimate of drug-likeness (QED) is 0.484. The molecule has 3 aromatic carbocycles. The molecular formula is C28H25N3O3. The van der Waals surface area contributed by atoms with E-state index in [1.165, 1.54) is 4.90 Å². The van der Waals surface area contributed by atoms with Crippen LogP contribution >= 0.6 is 0 Å². The van der Waals surface area contributed by atoms with Gasteiger partial charge in [0.1, 0.15) is 11.4 Å². The summed E-state index contributed by atoms with van der Waals surface area (Å²) in [5.74, 6) is -0.105. The van der Waals surface area contributed by atoms with E-state index in [2.05, 4.69) is 6.07 Å². The Balaban J connectivity index is 1.76. The standard InChI is InChI=1S/C28H25N3O3/c1-19(2)34-24-15-11-22(12-16-24)25-26(30(3)18-21-7-5-4-6-8-21)28(33)31(27(25)32)23-13-9-20(17-29)10-14-23/h4-16,19H,18H2,1-3H3. The summed E-state index contributed by atoms with van der Waals surface area (Å²) in [7, 11) is 1.81. The Labute approximate surface area is 199 Å². The van der Waals surface area contributed by atoms with E-state index in [-0.39, 0.29) is 6.10 Å². The van der Waals surface area contributed by atoms with Crippen LogP contribution in [0.1, 0.15) is 30.5 Å². The van der Waals surface area contributed by atoms with Crippen molar-refractivity contribution in [3.63, 3.8) is 0 Å². The molecule has 1 aliphatic rings. The first-order valence-corrected chi connectivity index (χ1v) is 11.0. The molecule has 2 amide bonds. The number of benzene rings is 3. The van der Waals surface area contributed by atoms with Crippen molar-refractivity contribution in [3.05, 3.63) is 101 Å². The Morgan fingerprint density at radius 1 is 0.912 bits per heavy atom. The van der Waals surface area contributed by atoms with Crippen molar-refractivity contribution in [2.45, 2.75) is 26.5 Å². The molecule has 0 fully saturated rings. The van der Waals surface area contributed by atoms with Crippen LogP contribution in [0, 0.1) is 11.3 Å². The van der Waals surface area contributed by atoms with Crippen LogP contribution in [-0.4, -0.2) is 29.9 Å². The lowest BCUT2D eigenvalue weighted by molar-refractivity contribution is -0.120. The van der Waals surface area contributed by atoms with Crippen LogP contribution in [0.3, 0.4) is 0 Å². The Morgan fingerprint density at radius 2 is 1.56 bits per heavy atom. The summed E-state index contributed by atoms with van der Waals surface area (Å²) >= 11 is 0. The van der Waals surface area contributed by atoms with E-state index >= 15 is 0 Å². The predicted octanol–water partition coefficient (Wildman–Crippen LogP) is 4.76. The highest BCUT2D eigenvalue weighted by atomic mass is 16.5. The van der Waals surface area contributed by atoms with Gasteiger partial charge in [0, 0.05) is 13.6 Å². The molecule has 3 aromatic rings. The largest absolute Gasteiger partial charge is 0.491 e. The van der Waals surface area contributed by atoms with Crippen molar-refractivity contribution in [2.24, 2.45) is 0 Å². The van der Waals surface area contributed by atoms with Crippen LogP contribution in [0.5, 0.6) is 5.75 Å². The predicted molar refractivity (Wildman–Crippen MR) is 131 cm³/mol. The van der Waals surface area contributed by atoms with Crippen LogP contribution in [-0.2, 0) is 16.1 Å². The first-order valence-electron chi connectivity index (χ1n) is 11.0. The average Bonchev–Trinajstić information content (AvgIpc) is 3.10. The number of anilines is 1. The van der Waals surface area contributed by atoms with Crippen LogP contribution in [0.2, 0.25) is 0 Å². The van der Waals surface area contributed by atoms with E-state index in [9.17, 15) is 9.59 Å². The molecule has 0 saturated heterocycles. The van der Waals surface area contributed by atoms with Crippen molar-refractivity contribution in [1.29, 1.82) is 5.26 Å². The number of nitriles is 1. The summed E-state index contributed by atoms with van der Waals surface area (Å²) in [6.45, 7) is 4.36. The number of amides is 2. The summed E-state index contributed by atoms with van der Waals surface area (Å²) in [5, 5.41) is 9.10. The molecular weight excluding hydrogens is 426 g/mol. The zero-order valence-electron chi connectivity index (χ0n) is 19.4. The first kappa shape index (κ1) is 22.8. The summed E-state index contributed by atoms with van der Waals surface area (Å²) in [6.07, 6.45) is 0.0270. The molecule has 0 aromatic heterocycles. The third-order valence-electron chi connectivity index (χ3n) is 5.47. The van der Waals surface area contributed by atoms with Crippen molar-refractivity contribution in [3.8, 4) is 11.8 Å². The lowest BCUT2D eigenvalue weighted by atomic mass is 10.0. The molecule has 0 unspecified atom stereocenters. The maximum Gasteiger partial charge on any atom is 0.282 e. The Hall–Kier alpha value is -4.37. The van der Waals surface area contributed by atoms with Crippen molar-refractivity contribution in [2.75, 3.05) is 11.9 Å². The van der Waals surface area contributed by atoms with Gasteiger partial charge in [-0.05, 0) is 61.4 Å². The molecule has 1 aliphatic heterocycles. The molecule has 6 heteroatoms. The monoisotopic (exact) mass is 451 g/mol. The van der Waals surface area contributed by atoms with E-state index < -0.39 is 11.8 Å². The summed E-state index contributed by atoms with van der Waals surface area (Å²) < 4.78 is 5.73. The molecule has 0 radical (unpaired) electrons. The number of ether oxygens (including phenoxy) is 1. The fourth-order valence-electron chi connectivity index (χ4n) is 3.96. The van der Waals surface area contributed by atoms with E-state index in [4.69, 9.17) is 10.00 Å².